The average Bonchev–Trinajstić information content (AvgIpc) is 3.27. The van der Waals surface area contributed by atoms with Gasteiger partial charge >= 0.3 is 11.4 Å². The van der Waals surface area contributed by atoms with Gasteiger partial charge in [-0.2, -0.15) is 0 Å². The van der Waals surface area contributed by atoms with Crippen LogP contribution in [0.5, 0.6) is 11.5 Å². The van der Waals surface area contributed by atoms with Crippen molar-refractivity contribution in [3.63, 3.8) is 0 Å². The highest BCUT2D eigenvalue weighted by Gasteiger charge is 2.57. The van der Waals surface area contributed by atoms with Gasteiger partial charge in [-0.05, 0) is 37.8 Å². The maximum absolute atomic E-state index is 14.3. The molecule has 0 saturated carbocycles. The van der Waals surface area contributed by atoms with Crippen LogP contribution in [0.15, 0.2) is 64.8 Å². The number of methoxy groups -OCH3 is 1. The molecule has 2 aromatic rings. The number of amides is 2. The monoisotopic (exact) mass is 628 g/mol. The highest BCUT2D eigenvalue weighted by atomic mass is 16.6. The summed E-state index contributed by atoms with van der Waals surface area (Å²) >= 11 is 0. The third kappa shape index (κ3) is 4.39. The number of benzene rings is 2. The summed E-state index contributed by atoms with van der Waals surface area (Å²) < 4.78 is 5.54. The van der Waals surface area contributed by atoms with E-state index in [2.05, 4.69) is 0 Å². The number of rotatable bonds is 6. The summed E-state index contributed by atoms with van der Waals surface area (Å²) in [6, 6.07) is 6.35. The van der Waals surface area contributed by atoms with Crippen LogP contribution in [0.1, 0.15) is 31.2 Å². The minimum Gasteiger partial charge on any atom is -0.508 e. The molecule has 4 aliphatic rings. The molecule has 1 N–H and O–H groups in total. The van der Waals surface area contributed by atoms with E-state index in [1.165, 1.54) is 51.2 Å². The molecule has 0 unspecified atom stereocenters. The maximum Gasteiger partial charge on any atom is 0.301 e. The number of carbonyl (C=O) groups is 4. The van der Waals surface area contributed by atoms with Crippen LogP contribution in [0, 0.1) is 38.0 Å². The van der Waals surface area contributed by atoms with Crippen molar-refractivity contribution < 1.29 is 38.9 Å². The number of ether oxygens (including phenoxy) is 1. The molecule has 1 saturated heterocycles. The largest absolute Gasteiger partial charge is 0.508 e. The Morgan fingerprint density at radius 2 is 1.63 bits per heavy atom. The minimum absolute atomic E-state index is 0.0122. The zero-order valence-corrected chi connectivity index (χ0v) is 25.2. The normalized spacial score (nSPS) is 23.8. The smallest absolute Gasteiger partial charge is 0.301 e. The van der Waals surface area contributed by atoms with E-state index < -0.39 is 56.7 Å². The van der Waals surface area contributed by atoms with Gasteiger partial charge in [-0.15, -0.1) is 0 Å². The van der Waals surface area contributed by atoms with E-state index in [1.54, 1.807) is 12.1 Å². The van der Waals surface area contributed by atoms with Gasteiger partial charge in [0.2, 0.25) is 11.8 Å². The van der Waals surface area contributed by atoms with Crippen LogP contribution in [0.4, 0.5) is 22.7 Å². The molecule has 4 atom stereocenters. The fourth-order valence-electron chi connectivity index (χ4n) is 7.39. The fraction of sp³-hybridized carbons (Fsp3) is 0.312. The number of ketones is 2. The van der Waals surface area contributed by atoms with Gasteiger partial charge in [0, 0.05) is 60.5 Å². The molecule has 6 rings (SSSR count). The van der Waals surface area contributed by atoms with E-state index in [0.29, 0.717) is 11.1 Å². The van der Waals surface area contributed by atoms with Crippen LogP contribution in [0.25, 0.3) is 0 Å². The van der Waals surface area contributed by atoms with E-state index >= 15 is 0 Å². The lowest BCUT2D eigenvalue weighted by Crippen LogP contribution is -2.40. The second-order valence-corrected chi connectivity index (χ2v) is 11.9. The Bertz CT molecular complexity index is 1870. The Labute approximate surface area is 261 Å². The highest BCUT2D eigenvalue weighted by Crippen LogP contribution is 2.57. The number of carbonyl (C=O) groups excluding carboxylic acids is 4. The molecule has 0 aromatic heterocycles. The van der Waals surface area contributed by atoms with Crippen molar-refractivity contribution >= 4 is 46.1 Å². The number of hydrogen-bond donors (Lipinski definition) is 1. The highest BCUT2D eigenvalue weighted by molar-refractivity contribution is 6.25. The first-order valence-corrected chi connectivity index (χ1v) is 14.4. The molecule has 0 radical (unpaired) electrons. The van der Waals surface area contributed by atoms with Crippen molar-refractivity contribution in [1.29, 1.82) is 0 Å². The van der Waals surface area contributed by atoms with Gasteiger partial charge in [0.05, 0.1) is 34.5 Å². The predicted octanol–water partition coefficient (Wildman–Crippen LogP) is 3.92. The van der Waals surface area contributed by atoms with Crippen LogP contribution in [-0.2, 0) is 19.2 Å². The fourth-order valence-corrected chi connectivity index (χ4v) is 7.39. The molecule has 0 spiro atoms. The van der Waals surface area contributed by atoms with Crippen LogP contribution in [0.2, 0.25) is 0 Å². The summed E-state index contributed by atoms with van der Waals surface area (Å²) in [5, 5.41) is 34.1. The zero-order valence-electron chi connectivity index (χ0n) is 25.2. The Kier molecular flexibility index (Phi) is 7.10. The molecule has 1 aliphatic heterocycles. The standard InChI is InChI=1S/C32H28N4O10/c1-14-9-24(38)28-21(30(14)39)13-20-17(26(28)18-6-5-16(37)12-25(18)46-4)7-8-19-27(20)32(41)34(31(19)40)15-10-22(35(42)43)29(33(2)3)23(11-15)36(44)45/h5-7,9-12,19-20,26-27,37H,8,13H2,1-4H3/t19-,20+,26+,27-/m0/s1. The average molecular weight is 629 g/mol. The Morgan fingerprint density at radius 3 is 2.22 bits per heavy atom. The third-order valence-electron chi connectivity index (χ3n) is 9.24. The number of phenols is 1. The maximum atomic E-state index is 14.3. The SMILES string of the molecule is COc1cc(O)ccc1[C@H]1C2=CC[C@@H]3C(=O)N(c4cc([N+](=O)[O-])c(N(C)C)c([N+](=O)[O-])c4)C(=O)[C@@H]3[C@@H]2CC2=C1C(=O)C=C(C)C2=O. The van der Waals surface area contributed by atoms with Gasteiger partial charge in [0.25, 0.3) is 0 Å². The van der Waals surface area contributed by atoms with E-state index in [1.807, 2.05) is 0 Å². The molecule has 1 fully saturated rings. The Balaban J connectivity index is 1.50. The number of aromatic hydroxyl groups is 1. The summed E-state index contributed by atoms with van der Waals surface area (Å²) in [5.74, 6) is -5.44. The number of nitrogens with zero attached hydrogens (tertiary/aromatic N) is 4. The number of imide groups is 1. The van der Waals surface area contributed by atoms with Crippen molar-refractivity contribution in [1.82, 2.24) is 0 Å². The third-order valence-corrected chi connectivity index (χ3v) is 9.24. The molecule has 236 valence electrons. The molecule has 0 bridgehead atoms. The van der Waals surface area contributed by atoms with Crippen LogP contribution < -0.4 is 14.5 Å². The molecule has 14 heteroatoms. The number of nitro benzene ring substituents is 2. The number of allylic oxidation sites excluding steroid dienone is 6. The summed E-state index contributed by atoms with van der Waals surface area (Å²) in [4.78, 5) is 79.5. The van der Waals surface area contributed by atoms with Crippen LogP contribution >= 0.6 is 0 Å². The van der Waals surface area contributed by atoms with Gasteiger partial charge in [-0.25, -0.2) is 4.90 Å². The minimum atomic E-state index is -1.02. The summed E-state index contributed by atoms with van der Waals surface area (Å²) in [6.45, 7) is 1.53. The van der Waals surface area contributed by atoms with Gasteiger partial charge < -0.3 is 14.7 Å². The van der Waals surface area contributed by atoms with Crippen molar-refractivity contribution in [3.8, 4) is 11.5 Å². The molecule has 1 heterocycles. The lowest BCUT2D eigenvalue weighted by molar-refractivity contribution is -0.392. The predicted molar refractivity (Wildman–Crippen MR) is 163 cm³/mol. The molecular formula is C32H28N4O10. The van der Waals surface area contributed by atoms with Crippen LogP contribution in [-0.4, -0.2) is 59.5 Å². The molecule has 3 aliphatic carbocycles. The number of anilines is 2. The van der Waals surface area contributed by atoms with E-state index in [9.17, 15) is 44.5 Å². The number of fused-ring (bicyclic) bond motifs is 3. The lowest BCUT2D eigenvalue weighted by Gasteiger charge is -2.42. The summed E-state index contributed by atoms with van der Waals surface area (Å²) in [6.07, 6.45) is 3.12. The second kappa shape index (κ2) is 10.8. The first-order valence-electron chi connectivity index (χ1n) is 14.4. The molecular weight excluding hydrogens is 600 g/mol. The summed E-state index contributed by atoms with van der Waals surface area (Å²) in [7, 11) is 4.21. The zero-order chi connectivity index (χ0) is 33.4. The van der Waals surface area contributed by atoms with E-state index in [0.717, 1.165) is 17.0 Å². The van der Waals surface area contributed by atoms with E-state index in [4.69, 9.17) is 4.74 Å². The quantitative estimate of drug-likeness (QED) is 0.160. The topological polar surface area (TPSA) is 190 Å². The van der Waals surface area contributed by atoms with E-state index in [-0.39, 0.29) is 64.0 Å². The number of nitro groups is 2. The first kappa shape index (κ1) is 30.4. The van der Waals surface area contributed by atoms with Gasteiger partial charge in [0.15, 0.2) is 17.3 Å². The molecule has 2 aromatic carbocycles. The van der Waals surface area contributed by atoms with Crippen LogP contribution in [0.3, 0.4) is 0 Å². The lowest BCUT2D eigenvalue weighted by atomic mass is 9.59. The second-order valence-electron chi connectivity index (χ2n) is 11.9. The number of hydrogen-bond acceptors (Lipinski definition) is 11. The number of Topliss-reactive ketones (excluding diaryl/α,β-unsaturated/α-hetero) is 1. The Hall–Kier alpha value is -5.66. The first-order chi connectivity index (χ1) is 21.8. The van der Waals surface area contributed by atoms with Crippen molar-refractivity contribution in [2.24, 2.45) is 17.8 Å². The molecule has 2 amide bonds. The van der Waals surface area contributed by atoms with Crippen molar-refractivity contribution in [3.05, 3.63) is 90.6 Å². The van der Waals surface area contributed by atoms with Crippen molar-refractivity contribution in [2.45, 2.75) is 25.7 Å². The van der Waals surface area contributed by atoms with Crippen molar-refractivity contribution in [2.75, 3.05) is 31.0 Å². The molecule has 14 nitrogen and oxygen atoms in total. The van der Waals surface area contributed by atoms with Gasteiger partial charge in [0.1, 0.15) is 11.5 Å². The van der Waals surface area contributed by atoms with Gasteiger partial charge in [-0.3, -0.25) is 39.4 Å². The van der Waals surface area contributed by atoms with Gasteiger partial charge in [-0.1, -0.05) is 17.7 Å². The Morgan fingerprint density at radius 1 is 0.978 bits per heavy atom. The number of phenolic OH excluding ortho intramolecular Hbond substituents is 1. The summed E-state index contributed by atoms with van der Waals surface area (Å²) in [5.41, 5.74) is -0.0980. The molecule has 46 heavy (non-hydrogen) atoms.